The van der Waals surface area contributed by atoms with Gasteiger partial charge in [-0.15, -0.1) is 4.20 Å². The van der Waals surface area contributed by atoms with Gasteiger partial charge < -0.3 is 30.2 Å². The number of benzene rings is 2. The van der Waals surface area contributed by atoms with Crippen LogP contribution in [0.1, 0.15) is 153 Å². The molecule has 0 bridgehead atoms. The second-order valence-electron chi connectivity index (χ2n) is 14.1. The fourth-order valence-corrected chi connectivity index (χ4v) is 8.40. The molecule has 2 amide bonds. The second-order valence-corrected chi connectivity index (χ2v) is 16.9. The van der Waals surface area contributed by atoms with Crippen molar-refractivity contribution in [3.8, 4) is 0 Å². The number of thiocarbonyl (C=S) groups is 1. The van der Waals surface area contributed by atoms with Crippen LogP contribution in [0.2, 0.25) is 20.1 Å². The molecule has 2 aromatic rings. The predicted molar refractivity (Wildman–Crippen MR) is 234 cm³/mol. The molecule has 1 aliphatic rings. The third kappa shape index (κ3) is 15.4. The quantitative estimate of drug-likeness (QED) is 0.0561. The number of aliphatic imine (C=N–C) groups is 1. The number of unbranched alkanes of at least 4 members (excludes halogenated alkanes) is 17. The van der Waals surface area contributed by atoms with Crippen LogP contribution in [0.25, 0.3) is 0 Å². The highest BCUT2D eigenvalue weighted by Crippen LogP contribution is 2.40. The first kappa shape index (κ1) is 45.7. The SMILES string of the molecule is CCCCCCCCCCCCNC(=O)c1ccc(Cl)c(N=C2NN(c3c(Cl)cc(Cl)cc3Cl)C(=O)C2C(CCCCCCCCCCC)C(=S)[S-])c1. The maximum atomic E-state index is 14.3. The van der Waals surface area contributed by atoms with Gasteiger partial charge in [-0.2, -0.15) is 0 Å². The number of hydrogen-bond donors (Lipinski definition) is 2. The number of carbonyl (C=O) groups excluding carboxylic acids is 2. The molecule has 0 spiro atoms. The number of halogens is 4. The third-order valence-electron chi connectivity index (χ3n) is 9.80. The second kappa shape index (κ2) is 25.5. The van der Waals surface area contributed by atoms with E-state index < -0.39 is 11.8 Å². The van der Waals surface area contributed by atoms with Gasteiger partial charge in [0, 0.05) is 17.1 Å². The average Bonchev–Trinajstić information content (AvgIpc) is 3.42. The van der Waals surface area contributed by atoms with E-state index in [2.05, 4.69) is 24.6 Å². The zero-order valence-electron chi connectivity index (χ0n) is 31.4. The number of rotatable bonds is 26. The molecule has 53 heavy (non-hydrogen) atoms. The molecular formula is C41H57Cl4N4O2S2-. The maximum absolute atomic E-state index is 14.3. The summed E-state index contributed by atoms with van der Waals surface area (Å²) in [7, 11) is 0. The maximum Gasteiger partial charge on any atom is 0.257 e. The van der Waals surface area contributed by atoms with Gasteiger partial charge in [0.2, 0.25) is 0 Å². The summed E-state index contributed by atoms with van der Waals surface area (Å²) < 4.78 is 0.304. The van der Waals surface area contributed by atoms with Crippen LogP contribution in [0.5, 0.6) is 0 Å². The molecule has 2 N–H and O–H groups in total. The smallest absolute Gasteiger partial charge is 0.257 e. The van der Waals surface area contributed by atoms with E-state index in [1.54, 1.807) is 18.2 Å². The van der Waals surface area contributed by atoms with Crippen molar-refractivity contribution in [2.45, 2.75) is 142 Å². The van der Waals surface area contributed by atoms with Crippen LogP contribution in [0.15, 0.2) is 35.3 Å². The molecule has 1 heterocycles. The van der Waals surface area contributed by atoms with Crippen molar-refractivity contribution < 1.29 is 9.59 Å². The van der Waals surface area contributed by atoms with Crippen LogP contribution in [0, 0.1) is 11.8 Å². The average molecular weight is 844 g/mol. The molecule has 0 radical (unpaired) electrons. The Kier molecular flexibility index (Phi) is 22.0. The third-order valence-corrected chi connectivity index (χ3v) is 11.5. The van der Waals surface area contributed by atoms with Gasteiger partial charge in [0.1, 0.15) is 17.4 Å². The van der Waals surface area contributed by atoms with Crippen LogP contribution in [-0.4, -0.2) is 28.4 Å². The van der Waals surface area contributed by atoms with Gasteiger partial charge in [0.25, 0.3) is 11.8 Å². The fourth-order valence-electron chi connectivity index (χ4n) is 6.75. The highest BCUT2D eigenvalue weighted by molar-refractivity contribution is 8.00. The van der Waals surface area contributed by atoms with E-state index in [-0.39, 0.29) is 27.5 Å². The molecule has 3 rings (SSSR count). The molecule has 2 aromatic carbocycles. The number of nitrogens with one attached hydrogen (secondary N) is 2. The highest BCUT2D eigenvalue weighted by Gasteiger charge is 2.44. The summed E-state index contributed by atoms with van der Waals surface area (Å²) in [6.45, 7) is 5.06. The van der Waals surface area contributed by atoms with Gasteiger partial charge in [-0.1, -0.05) is 176 Å². The Morgan fingerprint density at radius 1 is 0.792 bits per heavy atom. The topological polar surface area (TPSA) is 73.8 Å². The Morgan fingerprint density at radius 3 is 1.83 bits per heavy atom. The Balaban J connectivity index is 1.74. The first-order valence-corrected chi connectivity index (χ1v) is 22.0. The lowest BCUT2D eigenvalue weighted by Gasteiger charge is -2.26. The lowest BCUT2D eigenvalue weighted by molar-refractivity contribution is -0.120. The van der Waals surface area contributed by atoms with Crippen molar-refractivity contribution in [1.29, 1.82) is 0 Å². The molecule has 1 fully saturated rings. The fraction of sp³-hybridized carbons (Fsp3) is 0.610. The molecule has 2 atom stereocenters. The first-order chi connectivity index (χ1) is 25.6. The van der Waals surface area contributed by atoms with Gasteiger partial charge in [-0.25, -0.2) is 10.0 Å². The van der Waals surface area contributed by atoms with Gasteiger partial charge >= 0.3 is 0 Å². The van der Waals surface area contributed by atoms with E-state index in [0.717, 1.165) is 32.1 Å². The molecule has 0 saturated carbocycles. The van der Waals surface area contributed by atoms with Crippen LogP contribution in [0.3, 0.4) is 0 Å². The van der Waals surface area contributed by atoms with Gasteiger partial charge in [0.15, 0.2) is 0 Å². The first-order valence-electron chi connectivity index (χ1n) is 19.7. The standard InChI is InChI=1S/C41H58Cl4N4O2S2/c1-3-5-7-9-11-13-15-17-19-21-25-46-39(50)29-23-24-32(43)35(26-29)47-38-36(31(41(52)53)22-20-18-16-14-12-10-8-6-4-2)40(51)49(48-38)37-33(44)27-30(42)28-34(37)45/h23-24,26-28,31,36H,3-22,25H2,1-2H3,(H,46,50)(H,47,48)(H,52,53)/p-1. The molecule has 2 unspecified atom stereocenters. The molecule has 1 saturated heterocycles. The largest absolute Gasteiger partial charge is 0.433 e. The summed E-state index contributed by atoms with van der Waals surface area (Å²) >= 11 is 37.2. The molecule has 294 valence electrons. The summed E-state index contributed by atoms with van der Waals surface area (Å²) in [5.74, 6) is -1.53. The van der Waals surface area contributed by atoms with E-state index in [0.29, 0.717) is 44.3 Å². The van der Waals surface area contributed by atoms with E-state index in [4.69, 9.17) is 76.2 Å². The van der Waals surface area contributed by atoms with Crippen molar-refractivity contribution in [2.75, 3.05) is 11.6 Å². The number of hydrazine groups is 1. The van der Waals surface area contributed by atoms with Crippen LogP contribution in [-0.2, 0) is 17.4 Å². The lowest BCUT2D eigenvalue weighted by atomic mass is 9.87. The van der Waals surface area contributed by atoms with E-state index in [1.807, 2.05) is 0 Å². The summed E-state index contributed by atoms with van der Waals surface area (Å²) in [5.41, 5.74) is 4.15. The monoisotopic (exact) mass is 841 g/mol. The Hall–Kier alpha value is -1.68. The molecule has 0 aromatic heterocycles. The minimum atomic E-state index is -0.832. The van der Waals surface area contributed by atoms with Crippen molar-refractivity contribution in [2.24, 2.45) is 16.8 Å². The Labute approximate surface area is 349 Å². The zero-order valence-corrected chi connectivity index (χ0v) is 36.1. The van der Waals surface area contributed by atoms with Gasteiger partial charge in [-0.3, -0.25) is 15.0 Å². The van der Waals surface area contributed by atoms with Crippen molar-refractivity contribution in [3.05, 3.63) is 56.0 Å². The molecule has 1 aliphatic heterocycles. The Bertz CT molecular complexity index is 1490. The summed E-state index contributed by atoms with van der Waals surface area (Å²) in [6, 6.07) is 8.00. The van der Waals surface area contributed by atoms with Crippen molar-refractivity contribution in [1.82, 2.24) is 10.7 Å². The molecule has 6 nitrogen and oxygen atoms in total. The highest BCUT2D eigenvalue weighted by atomic mass is 35.5. The number of carbonyl (C=O) groups is 2. The minimum Gasteiger partial charge on any atom is -0.433 e. The molecular weight excluding hydrogens is 786 g/mol. The number of hydrogen-bond acceptors (Lipinski definition) is 5. The molecule has 0 aliphatic carbocycles. The zero-order chi connectivity index (χ0) is 38.6. The van der Waals surface area contributed by atoms with Gasteiger partial charge in [-0.05, 0) is 49.1 Å². The van der Waals surface area contributed by atoms with Crippen molar-refractivity contribution >= 4 is 104 Å². The van der Waals surface area contributed by atoms with E-state index in [1.165, 1.54) is 107 Å². The minimum absolute atomic E-state index is 0.193. The normalized spacial score (nSPS) is 15.6. The summed E-state index contributed by atoms with van der Waals surface area (Å²) in [4.78, 5) is 32.3. The van der Waals surface area contributed by atoms with Crippen molar-refractivity contribution in [3.63, 3.8) is 0 Å². The summed E-state index contributed by atoms with van der Waals surface area (Å²) in [5, 5.41) is 5.37. The van der Waals surface area contributed by atoms with E-state index >= 15 is 0 Å². The van der Waals surface area contributed by atoms with E-state index in [9.17, 15) is 9.59 Å². The number of amidine groups is 1. The number of amides is 2. The Morgan fingerprint density at radius 2 is 1.30 bits per heavy atom. The predicted octanol–water partition coefficient (Wildman–Crippen LogP) is 13.6. The lowest BCUT2D eigenvalue weighted by Crippen LogP contribution is -2.36. The molecule has 12 heteroatoms. The summed E-state index contributed by atoms with van der Waals surface area (Å²) in [6.07, 6.45) is 23.4. The number of nitrogens with zero attached hydrogens (tertiary/aromatic N) is 2. The van der Waals surface area contributed by atoms with Crippen LogP contribution >= 0.6 is 58.6 Å². The van der Waals surface area contributed by atoms with Crippen LogP contribution < -0.4 is 15.8 Å². The van der Waals surface area contributed by atoms with Gasteiger partial charge in [0.05, 0.1) is 20.8 Å². The van der Waals surface area contributed by atoms with Crippen LogP contribution in [0.4, 0.5) is 11.4 Å². The number of anilines is 1.